The monoisotopic (exact) mass is 319 g/mol. The molecule has 1 aliphatic rings. The minimum absolute atomic E-state index is 0.0194. The number of carboxylic acids is 1. The molecule has 0 amide bonds. The molecular formula is C12H17NO5S2. The number of nitrogens with one attached hydrogen (secondary N) is 1. The predicted octanol–water partition coefficient (Wildman–Crippen LogP) is 1.19. The summed E-state index contributed by atoms with van der Waals surface area (Å²) < 4.78 is 26.7. The van der Waals surface area contributed by atoms with Crippen LogP contribution in [0.1, 0.15) is 34.5 Å². The van der Waals surface area contributed by atoms with Crippen molar-refractivity contribution in [3.05, 3.63) is 16.5 Å². The zero-order valence-corrected chi connectivity index (χ0v) is 12.6. The summed E-state index contributed by atoms with van der Waals surface area (Å²) >= 11 is 0.758. The number of thiophene rings is 1. The maximum Gasteiger partial charge on any atom is 0.346 e. The molecular weight excluding hydrogens is 302 g/mol. The second kappa shape index (κ2) is 5.80. The molecule has 1 aromatic heterocycles. The highest BCUT2D eigenvalue weighted by Crippen LogP contribution is 2.28. The Balaban J connectivity index is 2.06. The van der Waals surface area contributed by atoms with Crippen LogP contribution in [0.3, 0.4) is 0 Å². The van der Waals surface area contributed by atoms with Crippen molar-refractivity contribution in [1.29, 1.82) is 0 Å². The van der Waals surface area contributed by atoms with E-state index in [-0.39, 0.29) is 27.7 Å². The second-order valence-electron chi connectivity index (χ2n) is 5.07. The minimum atomic E-state index is -3.68. The third-order valence-electron chi connectivity index (χ3n) is 3.43. The van der Waals surface area contributed by atoms with Crippen LogP contribution in [0.2, 0.25) is 0 Å². The lowest BCUT2D eigenvalue weighted by Crippen LogP contribution is -2.28. The number of rotatable bonds is 5. The van der Waals surface area contributed by atoms with E-state index in [0.717, 1.165) is 17.8 Å². The maximum absolute atomic E-state index is 12.1. The third-order valence-corrected chi connectivity index (χ3v) is 6.55. The molecule has 1 fully saturated rings. The van der Waals surface area contributed by atoms with Gasteiger partial charge in [0, 0.05) is 6.54 Å². The van der Waals surface area contributed by atoms with Gasteiger partial charge in [-0.3, -0.25) is 0 Å². The van der Waals surface area contributed by atoms with Gasteiger partial charge >= 0.3 is 5.97 Å². The number of aryl methyl sites for hydroxylation is 1. The molecule has 1 aliphatic carbocycles. The molecule has 0 radical (unpaired) electrons. The Kier molecular flexibility index (Phi) is 4.48. The molecule has 0 bridgehead atoms. The van der Waals surface area contributed by atoms with Crippen LogP contribution in [0.4, 0.5) is 0 Å². The molecule has 1 saturated carbocycles. The van der Waals surface area contributed by atoms with Crippen molar-refractivity contribution in [2.75, 3.05) is 6.54 Å². The van der Waals surface area contributed by atoms with Crippen LogP contribution in [0, 0.1) is 12.8 Å². The highest BCUT2D eigenvalue weighted by Gasteiger charge is 2.26. The van der Waals surface area contributed by atoms with E-state index in [1.807, 2.05) is 0 Å². The van der Waals surface area contributed by atoms with Crippen LogP contribution in [-0.2, 0) is 10.0 Å². The fraction of sp³-hybridized carbons (Fsp3) is 0.583. The van der Waals surface area contributed by atoms with Crippen molar-refractivity contribution < 1.29 is 23.4 Å². The van der Waals surface area contributed by atoms with Crippen molar-refractivity contribution in [2.24, 2.45) is 5.92 Å². The lowest BCUT2D eigenvalue weighted by Gasteiger charge is -2.10. The average Bonchev–Trinajstić information content (AvgIpc) is 2.93. The largest absolute Gasteiger partial charge is 0.477 e. The van der Waals surface area contributed by atoms with Gasteiger partial charge in [-0.25, -0.2) is 17.9 Å². The third kappa shape index (κ3) is 3.38. The van der Waals surface area contributed by atoms with Gasteiger partial charge in [0.05, 0.1) is 6.10 Å². The van der Waals surface area contributed by atoms with Gasteiger partial charge in [-0.2, -0.15) is 0 Å². The van der Waals surface area contributed by atoms with Gasteiger partial charge in [0.1, 0.15) is 9.09 Å². The number of carboxylic acid groups (broad SMARTS) is 1. The minimum Gasteiger partial charge on any atom is -0.477 e. The molecule has 3 N–H and O–H groups in total. The lowest BCUT2D eigenvalue weighted by atomic mass is 10.1. The van der Waals surface area contributed by atoms with Gasteiger partial charge < -0.3 is 10.2 Å². The molecule has 1 heterocycles. The zero-order valence-electron chi connectivity index (χ0n) is 11.0. The van der Waals surface area contributed by atoms with E-state index in [1.54, 1.807) is 6.92 Å². The van der Waals surface area contributed by atoms with Crippen molar-refractivity contribution in [2.45, 2.75) is 36.5 Å². The fourth-order valence-corrected chi connectivity index (χ4v) is 4.87. The maximum atomic E-state index is 12.1. The molecule has 2 unspecified atom stereocenters. The second-order valence-corrected chi connectivity index (χ2v) is 8.11. The number of carbonyl (C=O) groups is 1. The normalized spacial score (nSPS) is 23.1. The van der Waals surface area contributed by atoms with Crippen LogP contribution in [0.25, 0.3) is 0 Å². The number of aromatic carboxylic acids is 1. The van der Waals surface area contributed by atoms with Crippen molar-refractivity contribution in [1.82, 2.24) is 4.72 Å². The van der Waals surface area contributed by atoms with Gasteiger partial charge in [-0.05, 0) is 43.7 Å². The summed E-state index contributed by atoms with van der Waals surface area (Å²) in [7, 11) is -3.68. The molecule has 2 rings (SSSR count). The molecule has 0 aromatic carbocycles. The van der Waals surface area contributed by atoms with E-state index in [1.165, 1.54) is 6.07 Å². The summed E-state index contributed by atoms with van der Waals surface area (Å²) in [6, 6.07) is 1.37. The quantitative estimate of drug-likeness (QED) is 0.756. The van der Waals surface area contributed by atoms with Crippen molar-refractivity contribution >= 4 is 27.3 Å². The van der Waals surface area contributed by atoms with Gasteiger partial charge in [-0.1, -0.05) is 0 Å². The standard InChI is InChI=1S/C12H17NO5S2/c1-7-4-10(19-11(7)12(15)16)20(17,18)13-6-8-2-3-9(14)5-8/h4,8-9,13-14H,2-3,5-6H2,1H3,(H,15,16). The summed E-state index contributed by atoms with van der Waals surface area (Å²) in [5, 5.41) is 18.4. The van der Waals surface area contributed by atoms with Crippen LogP contribution in [0.15, 0.2) is 10.3 Å². The summed E-state index contributed by atoms with van der Waals surface area (Å²) in [5.74, 6) is -0.979. The summed E-state index contributed by atoms with van der Waals surface area (Å²) in [4.78, 5) is 11.0. The number of hydrogen-bond acceptors (Lipinski definition) is 5. The molecule has 6 nitrogen and oxygen atoms in total. The average molecular weight is 319 g/mol. The predicted molar refractivity (Wildman–Crippen MR) is 74.6 cm³/mol. The van der Waals surface area contributed by atoms with Crippen LogP contribution >= 0.6 is 11.3 Å². The summed E-state index contributed by atoms with van der Waals surface area (Å²) in [5.41, 5.74) is 0.444. The Morgan fingerprint density at radius 2 is 2.20 bits per heavy atom. The number of sulfonamides is 1. The topological polar surface area (TPSA) is 104 Å². The SMILES string of the molecule is Cc1cc(S(=O)(=O)NCC2CCC(O)C2)sc1C(=O)O. The van der Waals surface area contributed by atoms with Gasteiger partial charge in [-0.15, -0.1) is 11.3 Å². The fourth-order valence-electron chi connectivity index (χ4n) is 2.33. The van der Waals surface area contributed by atoms with Crippen molar-refractivity contribution in [3.63, 3.8) is 0 Å². The highest BCUT2D eigenvalue weighted by molar-refractivity contribution is 7.91. The van der Waals surface area contributed by atoms with Gasteiger partial charge in [0.2, 0.25) is 10.0 Å². The van der Waals surface area contributed by atoms with E-state index < -0.39 is 16.0 Å². The van der Waals surface area contributed by atoms with Crippen LogP contribution in [-0.4, -0.2) is 37.2 Å². The molecule has 0 saturated heterocycles. The lowest BCUT2D eigenvalue weighted by molar-refractivity contribution is 0.0701. The van der Waals surface area contributed by atoms with E-state index in [4.69, 9.17) is 5.11 Å². The molecule has 0 spiro atoms. The summed E-state index contributed by atoms with van der Waals surface area (Å²) in [6.45, 7) is 1.85. The molecule has 20 heavy (non-hydrogen) atoms. The van der Waals surface area contributed by atoms with Crippen LogP contribution in [0.5, 0.6) is 0 Å². The Bertz CT molecular complexity index is 607. The van der Waals surface area contributed by atoms with E-state index in [0.29, 0.717) is 18.4 Å². The van der Waals surface area contributed by atoms with E-state index in [9.17, 15) is 18.3 Å². The molecule has 1 aromatic rings. The van der Waals surface area contributed by atoms with E-state index >= 15 is 0 Å². The first kappa shape index (κ1) is 15.4. The Morgan fingerprint density at radius 3 is 2.70 bits per heavy atom. The van der Waals surface area contributed by atoms with Crippen LogP contribution < -0.4 is 4.72 Å². The number of aliphatic hydroxyl groups excluding tert-OH is 1. The Morgan fingerprint density at radius 1 is 1.50 bits per heavy atom. The number of aliphatic hydroxyl groups is 1. The van der Waals surface area contributed by atoms with Gasteiger partial charge in [0.25, 0.3) is 0 Å². The smallest absolute Gasteiger partial charge is 0.346 e. The van der Waals surface area contributed by atoms with E-state index in [2.05, 4.69) is 4.72 Å². The molecule has 8 heteroatoms. The van der Waals surface area contributed by atoms with Gasteiger partial charge in [0.15, 0.2) is 0 Å². The first-order valence-corrected chi connectivity index (χ1v) is 8.61. The first-order chi connectivity index (χ1) is 9.29. The van der Waals surface area contributed by atoms with Crippen molar-refractivity contribution in [3.8, 4) is 0 Å². The molecule has 2 atom stereocenters. The first-order valence-electron chi connectivity index (χ1n) is 6.31. The zero-order chi connectivity index (χ0) is 14.9. The molecule has 112 valence electrons. The Hall–Kier alpha value is -0.960. The number of hydrogen-bond donors (Lipinski definition) is 3. The molecule has 0 aliphatic heterocycles. The highest BCUT2D eigenvalue weighted by atomic mass is 32.2. The Labute approximate surface area is 121 Å². The summed E-state index contributed by atoms with van der Waals surface area (Å²) in [6.07, 6.45) is 1.76.